The van der Waals surface area contributed by atoms with Crippen LogP contribution < -0.4 is 0 Å². The summed E-state index contributed by atoms with van der Waals surface area (Å²) in [6, 6.07) is 10.2. The second kappa shape index (κ2) is 7.32. The third kappa shape index (κ3) is 4.69. The fourth-order valence-electron chi connectivity index (χ4n) is 2.82. The maximum Gasteiger partial charge on any atom is 0.410 e. The molecule has 1 aromatic rings. The number of benzene rings is 1. The van der Waals surface area contributed by atoms with Crippen molar-refractivity contribution < 1.29 is 19.0 Å². The Bertz CT molecular complexity index is 512. The van der Waals surface area contributed by atoms with Crippen molar-refractivity contribution in [1.29, 1.82) is 0 Å². The van der Waals surface area contributed by atoms with Gasteiger partial charge in [0.25, 0.3) is 0 Å². The molecule has 1 aromatic carbocycles. The van der Waals surface area contributed by atoms with E-state index in [2.05, 4.69) is 12.1 Å². The highest BCUT2D eigenvalue weighted by molar-refractivity contribution is 5.70. The first-order valence-corrected chi connectivity index (χ1v) is 7.97. The molecule has 1 atom stereocenters. The van der Waals surface area contributed by atoms with Gasteiger partial charge in [-0.2, -0.15) is 0 Å². The van der Waals surface area contributed by atoms with Crippen molar-refractivity contribution >= 4 is 6.09 Å². The van der Waals surface area contributed by atoms with E-state index >= 15 is 0 Å². The zero-order valence-corrected chi connectivity index (χ0v) is 14.5. The van der Waals surface area contributed by atoms with Gasteiger partial charge in [-0.25, -0.2) is 4.79 Å². The maximum absolute atomic E-state index is 12.5. The topological polar surface area (TPSA) is 48.0 Å². The minimum atomic E-state index is -0.501. The molecule has 0 aromatic heterocycles. The Morgan fingerprint density at radius 3 is 2.48 bits per heavy atom. The first-order valence-electron chi connectivity index (χ1n) is 7.97. The van der Waals surface area contributed by atoms with Crippen molar-refractivity contribution in [2.75, 3.05) is 27.1 Å². The summed E-state index contributed by atoms with van der Waals surface area (Å²) in [5.74, 6) is 0. The highest BCUT2D eigenvalue weighted by atomic mass is 16.7. The maximum atomic E-state index is 12.5. The molecule has 1 aliphatic rings. The zero-order valence-electron chi connectivity index (χ0n) is 14.5. The van der Waals surface area contributed by atoms with Crippen LogP contribution in [0.5, 0.6) is 0 Å². The SMILES string of the molecule is COCOCC1(Cc2ccccc2)CCN1C(=O)OC(C)(C)C. The molecule has 0 aliphatic carbocycles. The molecule has 1 aliphatic heterocycles. The number of carbonyl (C=O) groups is 1. The van der Waals surface area contributed by atoms with E-state index in [1.807, 2.05) is 39.0 Å². The van der Waals surface area contributed by atoms with Gasteiger partial charge in [0, 0.05) is 13.7 Å². The monoisotopic (exact) mass is 321 g/mol. The van der Waals surface area contributed by atoms with Gasteiger partial charge in [0.15, 0.2) is 0 Å². The average molecular weight is 321 g/mol. The highest BCUT2D eigenvalue weighted by Crippen LogP contribution is 2.36. The number of carbonyl (C=O) groups excluding carboxylic acids is 1. The van der Waals surface area contributed by atoms with Crippen LogP contribution in [0.15, 0.2) is 30.3 Å². The van der Waals surface area contributed by atoms with Crippen LogP contribution in [0.1, 0.15) is 32.8 Å². The van der Waals surface area contributed by atoms with Gasteiger partial charge < -0.3 is 14.2 Å². The van der Waals surface area contributed by atoms with Crippen molar-refractivity contribution in [3.05, 3.63) is 35.9 Å². The zero-order chi connectivity index (χ0) is 16.9. The van der Waals surface area contributed by atoms with Crippen LogP contribution in [0.2, 0.25) is 0 Å². The van der Waals surface area contributed by atoms with E-state index in [0.717, 1.165) is 12.8 Å². The number of amides is 1. The van der Waals surface area contributed by atoms with Crippen LogP contribution >= 0.6 is 0 Å². The molecule has 1 amide bonds. The molecule has 1 unspecified atom stereocenters. The molecular weight excluding hydrogens is 294 g/mol. The molecule has 2 rings (SSSR count). The largest absolute Gasteiger partial charge is 0.444 e. The lowest BCUT2D eigenvalue weighted by Gasteiger charge is -2.52. The van der Waals surface area contributed by atoms with Gasteiger partial charge in [-0.3, -0.25) is 4.90 Å². The van der Waals surface area contributed by atoms with Crippen molar-refractivity contribution in [3.63, 3.8) is 0 Å². The molecule has 0 radical (unpaired) electrons. The van der Waals surface area contributed by atoms with Crippen molar-refractivity contribution in [2.45, 2.75) is 44.8 Å². The van der Waals surface area contributed by atoms with Gasteiger partial charge in [-0.05, 0) is 39.2 Å². The molecule has 1 heterocycles. The highest BCUT2D eigenvalue weighted by Gasteiger charge is 2.49. The number of ether oxygens (including phenoxy) is 3. The van der Waals surface area contributed by atoms with Crippen molar-refractivity contribution in [2.24, 2.45) is 0 Å². The summed E-state index contributed by atoms with van der Waals surface area (Å²) in [6.45, 7) is 6.99. The predicted octanol–water partition coefficient (Wildman–Crippen LogP) is 3.23. The molecule has 0 spiro atoms. The Hall–Kier alpha value is -1.59. The van der Waals surface area contributed by atoms with Crippen LogP contribution in [0.4, 0.5) is 4.79 Å². The standard InChI is InChI=1S/C18H27NO4/c1-17(2,3)23-16(20)19-11-10-18(19,13-22-14-21-4)12-15-8-6-5-7-9-15/h5-9H,10-14H2,1-4H3. The van der Waals surface area contributed by atoms with Crippen LogP contribution in [-0.4, -0.2) is 49.2 Å². The summed E-state index contributed by atoms with van der Waals surface area (Å²) in [5.41, 5.74) is 0.322. The van der Waals surface area contributed by atoms with Crippen molar-refractivity contribution in [1.82, 2.24) is 4.90 Å². The summed E-state index contributed by atoms with van der Waals surface area (Å²) >= 11 is 0. The van der Waals surface area contributed by atoms with E-state index in [-0.39, 0.29) is 18.4 Å². The molecule has 0 saturated carbocycles. The van der Waals surface area contributed by atoms with E-state index in [0.29, 0.717) is 13.2 Å². The molecule has 1 fully saturated rings. The molecule has 23 heavy (non-hydrogen) atoms. The Balaban J connectivity index is 2.12. The fourth-order valence-corrected chi connectivity index (χ4v) is 2.82. The second-order valence-electron chi connectivity index (χ2n) is 7.02. The van der Waals surface area contributed by atoms with Crippen LogP contribution in [0.25, 0.3) is 0 Å². The average Bonchev–Trinajstić information content (AvgIpc) is 2.44. The summed E-state index contributed by atoms with van der Waals surface area (Å²) in [4.78, 5) is 14.3. The first-order chi connectivity index (χ1) is 10.9. The van der Waals surface area contributed by atoms with E-state index in [1.165, 1.54) is 5.56 Å². The Morgan fingerprint density at radius 2 is 1.96 bits per heavy atom. The quantitative estimate of drug-likeness (QED) is 0.596. The number of hydrogen-bond acceptors (Lipinski definition) is 4. The lowest BCUT2D eigenvalue weighted by Crippen LogP contribution is -2.66. The third-order valence-corrected chi connectivity index (χ3v) is 3.94. The third-order valence-electron chi connectivity index (χ3n) is 3.94. The van der Waals surface area contributed by atoms with Gasteiger partial charge in [-0.15, -0.1) is 0 Å². The van der Waals surface area contributed by atoms with E-state index in [1.54, 1.807) is 12.0 Å². The summed E-state index contributed by atoms with van der Waals surface area (Å²) in [5, 5.41) is 0. The number of nitrogens with zero attached hydrogens (tertiary/aromatic N) is 1. The van der Waals surface area contributed by atoms with Crippen LogP contribution in [-0.2, 0) is 20.6 Å². The normalized spacial score (nSPS) is 21.0. The first kappa shape index (κ1) is 17.8. The van der Waals surface area contributed by atoms with Gasteiger partial charge in [0.05, 0.1) is 12.1 Å². The van der Waals surface area contributed by atoms with Crippen LogP contribution in [0.3, 0.4) is 0 Å². The second-order valence-corrected chi connectivity index (χ2v) is 7.02. The number of rotatable bonds is 6. The molecule has 0 bridgehead atoms. The van der Waals surface area contributed by atoms with Gasteiger partial charge >= 0.3 is 6.09 Å². The smallest absolute Gasteiger partial charge is 0.410 e. The van der Waals surface area contributed by atoms with Gasteiger partial charge in [0.2, 0.25) is 0 Å². The van der Waals surface area contributed by atoms with Gasteiger partial charge in [-0.1, -0.05) is 30.3 Å². The Kier molecular flexibility index (Phi) is 5.65. The van der Waals surface area contributed by atoms with E-state index < -0.39 is 5.60 Å². The molecule has 1 saturated heterocycles. The Labute approximate surface area is 138 Å². The Morgan fingerprint density at radius 1 is 1.26 bits per heavy atom. The number of likely N-dealkylation sites (tertiary alicyclic amines) is 1. The molecule has 5 heteroatoms. The minimum Gasteiger partial charge on any atom is -0.444 e. The fraction of sp³-hybridized carbons (Fsp3) is 0.611. The van der Waals surface area contributed by atoms with Crippen molar-refractivity contribution in [3.8, 4) is 0 Å². The van der Waals surface area contributed by atoms with E-state index in [4.69, 9.17) is 14.2 Å². The lowest BCUT2D eigenvalue weighted by atomic mass is 9.80. The molecule has 0 N–H and O–H groups in total. The number of methoxy groups -OCH3 is 1. The minimum absolute atomic E-state index is 0.221. The molecule has 128 valence electrons. The van der Waals surface area contributed by atoms with E-state index in [9.17, 15) is 4.79 Å². The summed E-state index contributed by atoms with van der Waals surface area (Å²) in [7, 11) is 1.59. The molecule has 5 nitrogen and oxygen atoms in total. The predicted molar refractivity (Wildman–Crippen MR) is 88.3 cm³/mol. The lowest BCUT2D eigenvalue weighted by molar-refractivity contribution is -0.114. The van der Waals surface area contributed by atoms with Gasteiger partial charge in [0.1, 0.15) is 12.4 Å². The number of hydrogen-bond donors (Lipinski definition) is 0. The summed E-state index contributed by atoms with van der Waals surface area (Å²) < 4.78 is 16.1. The molecular formula is C18H27NO4. The summed E-state index contributed by atoms with van der Waals surface area (Å²) in [6.07, 6.45) is 1.36. The van der Waals surface area contributed by atoms with Crippen LogP contribution in [0, 0.1) is 0 Å².